The van der Waals surface area contributed by atoms with Gasteiger partial charge < -0.3 is 10.6 Å². The molecule has 1 aliphatic rings. The van der Waals surface area contributed by atoms with E-state index < -0.39 is 16.1 Å². The molecule has 2 amide bonds. The Bertz CT molecular complexity index is 807. The van der Waals surface area contributed by atoms with Crippen LogP contribution in [-0.2, 0) is 15.0 Å². The summed E-state index contributed by atoms with van der Waals surface area (Å²) >= 11 is 0. The molecule has 1 aliphatic heterocycles. The summed E-state index contributed by atoms with van der Waals surface area (Å²) in [6, 6.07) is 6.71. The third-order valence-corrected chi connectivity index (χ3v) is 6.29. The monoisotopic (exact) mass is 394 g/mol. The molecular formula is C18H26N4O4S. The third-order valence-electron chi connectivity index (χ3n) is 4.38. The van der Waals surface area contributed by atoms with Gasteiger partial charge in [-0.3, -0.25) is 9.59 Å². The molecule has 0 aliphatic carbocycles. The zero-order valence-corrected chi connectivity index (χ0v) is 16.5. The molecule has 1 aromatic rings. The molecule has 0 saturated carbocycles. The number of nitrogens with one attached hydrogen (secondary N) is 2. The normalized spacial score (nSPS) is 18.1. The molecule has 2 N–H and O–H groups in total. The van der Waals surface area contributed by atoms with Gasteiger partial charge in [-0.05, 0) is 25.0 Å². The van der Waals surface area contributed by atoms with Crippen molar-refractivity contribution in [2.45, 2.75) is 12.8 Å². The lowest BCUT2D eigenvalue weighted by atomic mass is 9.98. The van der Waals surface area contributed by atoms with E-state index >= 15 is 0 Å². The predicted octanol–water partition coefficient (Wildman–Crippen LogP) is 1.06. The van der Waals surface area contributed by atoms with Crippen molar-refractivity contribution in [3.63, 3.8) is 0 Å². The van der Waals surface area contributed by atoms with Crippen LogP contribution in [-0.4, -0.2) is 62.6 Å². The number of piperidine rings is 1. The van der Waals surface area contributed by atoms with Crippen LogP contribution in [0.4, 0.5) is 5.69 Å². The molecule has 0 bridgehead atoms. The molecular weight excluding hydrogens is 368 g/mol. The van der Waals surface area contributed by atoms with Gasteiger partial charge in [0.05, 0.1) is 17.2 Å². The zero-order valence-electron chi connectivity index (χ0n) is 15.6. The summed E-state index contributed by atoms with van der Waals surface area (Å²) in [6.45, 7) is 4.39. The Morgan fingerprint density at radius 2 is 2.04 bits per heavy atom. The third kappa shape index (κ3) is 5.15. The van der Waals surface area contributed by atoms with Gasteiger partial charge in [0.2, 0.25) is 5.91 Å². The Morgan fingerprint density at radius 1 is 1.33 bits per heavy atom. The molecule has 0 aromatic heterocycles. The van der Waals surface area contributed by atoms with Gasteiger partial charge in [-0.15, -0.1) is 6.58 Å². The van der Waals surface area contributed by atoms with Gasteiger partial charge in [-0.2, -0.15) is 17.0 Å². The fourth-order valence-corrected chi connectivity index (χ4v) is 4.07. The first-order valence-electron chi connectivity index (χ1n) is 8.74. The number of para-hydroxylation sites is 1. The van der Waals surface area contributed by atoms with Crippen molar-refractivity contribution in [3.05, 3.63) is 42.5 Å². The standard InChI is InChI=1S/C18H26N4O4S/c1-4-11-19-18(24)15-9-5-6-10-16(15)20-17(23)14-8-7-12-22(13-14)27(25,26)21(2)3/h4-6,9-10,14H,1,7-8,11-13H2,2-3H3,(H,19,24)(H,20,23). The van der Waals surface area contributed by atoms with Gasteiger partial charge in [-0.25, -0.2) is 0 Å². The summed E-state index contributed by atoms with van der Waals surface area (Å²) in [7, 11) is -0.619. The number of benzene rings is 1. The number of amides is 2. The zero-order chi connectivity index (χ0) is 20.0. The molecule has 0 radical (unpaired) electrons. The van der Waals surface area contributed by atoms with Crippen LogP contribution in [0.25, 0.3) is 0 Å². The molecule has 1 aromatic carbocycles. The van der Waals surface area contributed by atoms with Crippen molar-refractivity contribution in [2.24, 2.45) is 5.92 Å². The van der Waals surface area contributed by atoms with Crippen molar-refractivity contribution >= 4 is 27.7 Å². The summed E-state index contributed by atoms with van der Waals surface area (Å²) in [4.78, 5) is 24.9. The highest BCUT2D eigenvalue weighted by molar-refractivity contribution is 7.86. The first-order valence-corrected chi connectivity index (χ1v) is 10.1. The van der Waals surface area contributed by atoms with Crippen LogP contribution in [0.5, 0.6) is 0 Å². The summed E-state index contributed by atoms with van der Waals surface area (Å²) in [5, 5.41) is 5.46. The SMILES string of the molecule is C=CCNC(=O)c1ccccc1NC(=O)C1CCCN(S(=O)(=O)N(C)C)C1. The molecule has 2 rings (SSSR count). The Morgan fingerprint density at radius 3 is 2.70 bits per heavy atom. The average molecular weight is 394 g/mol. The van der Waals surface area contributed by atoms with E-state index in [1.54, 1.807) is 30.3 Å². The number of hydrogen-bond acceptors (Lipinski definition) is 4. The fraction of sp³-hybridized carbons (Fsp3) is 0.444. The van der Waals surface area contributed by atoms with Crippen molar-refractivity contribution in [3.8, 4) is 0 Å². The minimum absolute atomic E-state index is 0.122. The van der Waals surface area contributed by atoms with Crippen LogP contribution >= 0.6 is 0 Å². The van der Waals surface area contributed by atoms with Gasteiger partial charge in [0.1, 0.15) is 0 Å². The van der Waals surface area contributed by atoms with Crippen LogP contribution in [0.3, 0.4) is 0 Å². The van der Waals surface area contributed by atoms with Crippen molar-refractivity contribution in [2.75, 3.05) is 39.0 Å². The maximum Gasteiger partial charge on any atom is 0.281 e. The van der Waals surface area contributed by atoms with Gasteiger partial charge >= 0.3 is 0 Å². The molecule has 8 nitrogen and oxygen atoms in total. The summed E-state index contributed by atoms with van der Waals surface area (Å²) < 4.78 is 27.1. The van der Waals surface area contributed by atoms with Crippen LogP contribution < -0.4 is 10.6 Å². The lowest BCUT2D eigenvalue weighted by Crippen LogP contribution is -2.47. The quantitative estimate of drug-likeness (QED) is 0.676. The second kappa shape index (κ2) is 9.12. The highest BCUT2D eigenvalue weighted by Gasteiger charge is 2.33. The van der Waals surface area contributed by atoms with Crippen molar-refractivity contribution in [1.82, 2.24) is 13.9 Å². The number of hydrogen-bond donors (Lipinski definition) is 2. The molecule has 1 unspecified atom stereocenters. The van der Waals surface area contributed by atoms with Gasteiger partial charge in [0.15, 0.2) is 0 Å². The maximum absolute atomic E-state index is 12.7. The molecule has 27 heavy (non-hydrogen) atoms. The Balaban J connectivity index is 2.11. The number of anilines is 1. The minimum Gasteiger partial charge on any atom is -0.349 e. The summed E-state index contributed by atoms with van der Waals surface area (Å²) in [6.07, 6.45) is 2.77. The van der Waals surface area contributed by atoms with Crippen LogP contribution in [0.15, 0.2) is 36.9 Å². The van der Waals surface area contributed by atoms with Crippen LogP contribution in [0, 0.1) is 5.92 Å². The molecule has 148 valence electrons. The smallest absolute Gasteiger partial charge is 0.281 e. The minimum atomic E-state index is -3.56. The number of nitrogens with zero attached hydrogens (tertiary/aromatic N) is 2. The molecule has 9 heteroatoms. The Labute approximate surface area is 160 Å². The largest absolute Gasteiger partial charge is 0.349 e. The second-order valence-corrected chi connectivity index (χ2v) is 8.66. The lowest BCUT2D eigenvalue weighted by Gasteiger charge is -2.32. The maximum atomic E-state index is 12.7. The van der Waals surface area contributed by atoms with Crippen LogP contribution in [0.2, 0.25) is 0 Å². The predicted molar refractivity (Wildman–Crippen MR) is 105 cm³/mol. The number of carbonyl (C=O) groups is 2. The fourth-order valence-electron chi connectivity index (χ4n) is 2.88. The molecule has 1 fully saturated rings. The van der Waals surface area contributed by atoms with E-state index in [9.17, 15) is 18.0 Å². The Hall–Kier alpha value is -2.23. The molecule has 1 heterocycles. The van der Waals surface area contributed by atoms with Gasteiger partial charge in [-0.1, -0.05) is 18.2 Å². The topological polar surface area (TPSA) is 98.8 Å². The first-order chi connectivity index (χ1) is 12.8. The van der Waals surface area contributed by atoms with E-state index in [4.69, 9.17) is 0 Å². The van der Waals surface area contributed by atoms with Gasteiger partial charge in [0, 0.05) is 33.7 Å². The summed E-state index contributed by atoms with van der Waals surface area (Å²) in [5.74, 6) is -1.08. The first kappa shape index (κ1) is 21.1. The highest BCUT2D eigenvalue weighted by Crippen LogP contribution is 2.23. The molecule has 1 saturated heterocycles. The van der Waals surface area contributed by atoms with Crippen LogP contribution in [0.1, 0.15) is 23.2 Å². The molecule has 0 spiro atoms. The van der Waals surface area contributed by atoms with Gasteiger partial charge in [0.25, 0.3) is 16.1 Å². The van der Waals surface area contributed by atoms with E-state index in [1.807, 2.05) is 0 Å². The van der Waals surface area contributed by atoms with E-state index in [2.05, 4.69) is 17.2 Å². The highest BCUT2D eigenvalue weighted by atomic mass is 32.2. The lowest BCUT2D eigenvalue weighted by molar-refractivity contribution is -0.120. The summed E-state index contributed by atoms with van der Waals surface area (Å²) in [5.41, 5.74) is 0.748. The van der Waals surface area contributed by atoms with E-state index in [1.165, 1.54) is 18.4 Å². The average Bonchev–Trinajstić information content (AvgIpc) is 2.66. The Kier molecular flexibility index (Phi) is 7.11. The second-order valence-electron chi connectivity index (χ2n) is 6.52. The number of rotatable bonds is 7. The van der Waals surface area contributed by atoms with E-state index in [0.717, 1.165) is 4.31 Å². The van der Waals surface area contributed by atoms with Crippen molar-refractivity contribution < 1.29 is 18.0 Å². The van der Waals surface area contributed by atoms with E-state index in [-0.39, 0.29) is 18.4 Å². The van der Waals surface area contributed by atoms with Crippen molar-refractivity contribution in [1.29, 1.82) is 0 Å². The van der Waals surface area contributed by atoms with E-state index in [0.29, 0.717) is 37.2 Å². The molecule has 1 atom stereocenters. The number of carbonyl (C=O) groups excluding carboxylic acids is 2.